The molecule has 0 saturated carbocycles. The first-order chi connectivity index (χ1) is 14.9. The lowest BCUT2D eigenvalue weighted by Crippen LogP contribution is -2.16. The second kappa shape index (κ2) is 9.27. The zero-order valence-electron chi connectivity index (χ0n) is 17.1. The molecule has 0 spiro atoms. The number of amides is 1. The Hall–Kier alpha value is -2.60. The fourth-order valence-electron chi connectivity index (χ4n) is 3.34. The van der Waals surface area contributed by atoms with Gasteiger partial charge in [-0.25, -0.2) is 5.43 Å². The summed E-state index contributed by atoms with van der Waals surface area (Å²) in [5.41, 5.74) is 6.20. The summed E-state index contributed by atoms with van der Waals surface area (Å²) in [6.07, 6.45) is 3.68. The Morgan fingerprint density at radius 3 is 2.74 bits per heavy atom. The average molecular weight is 470 g/mol. The summed E-state index contributed by atoms with van der Waals surface area (Å²) in [7, 11) is 0. The molecular formula is C24H21Cl2N3OS. The number of para-hydroxylation sites is 1. The summed E-state index contributed by atoms with van der Waals surface area (Å²) in [6.45, 7) is 4.82. The SMILES string of the molecule is CC(C)c1cc(C(=O)N/N=C/c2cn(Cc3ccc(Cl)cc3Cl)c3ccccc23)cs1. The maximum Gasteiger partial charge on any atom is 0.272 e. The highest BCUT2D eigenvalue weighted by Crippen LogP contribution is 2.26. The molecule has 0 unspecified atom stereocenters. The summed E-state index contributed by atoms with van der Waals surface area (Å²) in [5.74, 6) is 0.186. The zero-order chi connectivity index (χ0) is 22.0. The van der Waals surface area contributed by atoms with Crippen LogP contribution in [0.1, 0.15) is 46.1 Å². The molecule has 4 rings (SSSR count). The molecular weight excluding hydrogens is 449 g/mol. The lowest BCUT2D eigenvalue weighted by Gasteiger charge is -2.08. The second-order valence-corrected chi connectivity index (χ2v) is 9.34. The number of thiophene rings is 1. The van der Waals surface area contributed by atoms with Crippen molar-refractivity contribution in [1.29, 1.82) is 0 Å². The Kier molecular flexibility index (Phi) is 6.46. The summed E-state index contributed by atoms with van der Waals surface area (Å²) >= 11 is 14.0. The van der Waals surface area contributed by atoms with Crippen LogP contribution < -0.4 is 5.43 Å². The number of hydrazone groups is 1. The number of hydrogen-bond acceptors (Lipinski definition) is 3. The first-order valence-electron chi connectivity index (χ1n) is 9.86. The molecule has 0 aliphatic carbocycles. The van der Waals surface area contributed by atoms with Gasteiger partial charge in [-0.2, -0.15) is 5.10 Å². The number of benzene rings is 2. The van der Waals surface area contributed by atoms with Gasteiger partial charge in [0.1, 0.15) is 0 Å². The molecule has 0 radical (unpaired) electrons. The van der Waals surface area contributed by atoms with E-state index in [0.29, 0.717) is 28.1 Å². The summed E-state index contributed by atoms with van der Waals surface area (Å²) < 4.78 is 2.11. The minimum atomic E-state index is -0.212. The van der Waals surface area contributed by atoms with Crippen LogP contribution in [-0.2, 0) is 6.54 Å². The van der Waals surface area contributed by atoms with Crippen LogP contribution in [-0.4, -0.2) is 16.7 Å². The van der Waals surface area contributed by atoms with Gasteiger partial charge in [-0.3, -0.25) is 4.79 Å². The van der Waals surface area contributed by atoms with E-state index in [4.69, 9.17) is 23.2 Å². The predicted octanol–water partition coefficient (Wildman–Crippen LogP) is 6.95. The third kappa shape index (κ3) is 4.85. The van der Waals surface area contributed by atoms with Crippen molar-refractivity contribution >= 4 is 57.6 Å². The van der Waals surface area contributed by atoms with Gasteiger partial charge in [-0.1, -0.05) is 61.3 Å². The standard InChI is InChI=1S/C24H21Cl2N3OS/c1-15(2)23-9-17(14-31-23)24(30)28-27-11-18-13-29(22-6-4-3-5-20(18)22)12-16-7-8-19(25)10-21(16)26/h3-11,13-15H,12H2,1-2H3,(H,28,30)/b27-11+. The third-order valence-electron chi connectivity index (χ3n) is 5.00. The lowest BCUT2D eigenvalue weighted by molar-refractivity contribution is 0.0955. The number of hydrogen-bond donors (Lipinski definition) is 1. The minimum Gasteiger partial charge on any atom is -0.342 e. The number of fused-ring (bicyclic) bond motifs is 1. The molecule has 2 aromatic heterocycles. The van der Waals surface area contributed by atoms with Gasteiger partial charge in [0.15, 0.2) is 0 Å². The largest absolute Gasteiger partial charge is 0.342 e. The summed E-state index contributed by atoms with van der Waals surface area (Å²) in [6, 6.07) is 15.5. The molecule has 4 aromatic rings. The van der Waals surface area contributed by atoms with Gasteiger partial charge in [0.05, 0.1) is 11.8 Å². The average Bonchev–Trinajstić information content (AvgIpc) is 3.36. The van der Waals surface area contributed by atoms with Crippen molar-refractivity contribution in [2.24, 2.45) is 5.10 Å². The molecule has 2 heterocycles. The van der Waals surface area contributed by atoms with E-state index in [9.17, 15) is 4.79 Å². The molecule has 4 nitrogen and oxygen atoms in total. The number of carbonyl (C=O) groups is 1. The smallest absolute Gasteiger partial charge is 0.272 e. The molecule has 158 valence electrons. The van der Waals surface area contributed by atoms with Crippen molar-refractivity contribution in [3.05, 3.63) is 91.7 Å². The number of aromatic nitrogens is 1. The maximum atomic E-state index is 12.4. The highest BCUT2D eigenvalue weighted by atomic mass is 35.5. The van der Waals surface area contributed by atoms with Crippen molar-refractivity contribution in [2.45, 2.75) is 26.3 Å². The number of rotatable bonds is 6. The first kappa shape index (κ1) is 21.6. The van der Waals surface area contributed by atoms with Crippen molar-refractivity contribution < 1.29 is 4.79 Å². The molecule has 7 heteroatoms. The van der Waals surface area contributed by atoms with Crippen molar-refractivity contribution in [3.8, 4) is 0 Å². The van der Waals surface area contributed by atoms with Gasteiger partial charge in [0.2, 0.25) is 0 Å². The predicted molar refractivity (Wildman–Crippen MR) is 131 cm³/mol. The van der Waals surface area contributed by atoms with Gasteiger partial charge < -0.3 is 4.57 Å². The molecule has 0 aliphatic heterocycles. The van der Waals surface area contributed by atoms with Crippen LogP contribution in [0.3, 0.4) is 0 Å². The van der Waals surface area contributed by atoms with Crippen molar-refractivity contribution in [2.75, 3.05) is 0 Å². The molecule has 0 fully saturated rings. The molecule has 0 aliphatic rings. The van der Waals surface area contributed by atoms with Gasteiger partial charge in [0.25, 0.3) is 5.91 Å². The molecule has 31 heavy (non-hydrogen) atoms. The second-order valence-electron chi connectivity index (χ2n) is 7.56. The third-order valence-corrected chi connectivity index (χ3v) is 6.82. The van der Waals surface area contributed by atoms with Crippen LogP contribution in [0.15, 0.2) is 65.2 Å². The minimum absolute atomic E-state index is 0.212. The molecule has 0 atom stereocenters. The highest BCUT2D eigenvalue weighted by Gasteiger charge is 2.11. The van der Waals surface area contributed by atoms with E-state index in [2.05, 4.69) is 28.9 Å². The number of nitrogens with zero attached hydrogens (tertiary/aromatic N) is 2. The molecule has 1 amide bonds. The monoisotopic (exact) mass is 469 g/mol. The van der Waals surface area contributed by atoms with E-state index in [-0.39, 0.29) is 5.91 Å². The van der Waals surface area contributed by atoms with Crippen LogP contribution >= 0.6 is 34.5 Å². The number of halogens is 2. The highest BCUT2D eigenvalue weighted by molar-refractivity contribution is 7.10. The van der Waals surface area contributed by atoms with Gasteiger partial charge in [-0.05, 0) is 35.7 Å². The summed E-state index contributed by atoms with van der Waals surface area (Å²) in [5, 5.41) is 8.34. The van der Waals surface area contributed by atoms with Crippen LogP contribution in [0.2, 0.25) is 10.0 Å². The Labute approximate surface area is 195 Å². The van der Waals surface area contributed by atoms with Gasteiger partial charge >= 0.3 is 0 Å². The van der Waals surface area contributed by atoms with Gasteiger partial charge in [0, 0.05) is 49.5 Å². The topological polar surface area (TPSA) is 46.4 Å². The van der Waals surface area contributed by atoms with Crippen LogP contribution in [0.5, 0.6) is 0 Å². The first-order valence-corrected chi connectivity index (χ1v) is 11.5. The van der Waals surface area contributed by atoms with Crippen LogP contribution in [0, 0.1) is 0 Å². The molecule has 2 aromatic carbocycles. The maximum absolute atomic E-state index is 12.4. The van der Waals surface area contributed by atoms with Crippen LogP contribution in [0.4, 0.5) is 0 Å². The van der Waals surface area contributed by atoms with Crippen molar-refractivity contribution in [1.82, 2.24) is 9.99 Å². The van der Waals surface area contributed by atoms with E-state index in [0.717, 1.165) is 22.0 Å². The zero-order valence-corrected chi connectivity index (χ0v) is 19.4. The van der Waals surface area contributed by atoms with E-state index in [1.807, 2.05) is 54.0 Å². The van der Waals surface area contributed by atoms with E-state index in [1.54, 1.807) is 23.6 Å². The molecule has 0 saturated heterocycles. The molecule has 0 bridgehead atoms. The van der Waals surface area contributed by atoms with Gasteiger partial charge in [-0.15, -0.1) is 11.3 Å². The Morgan fingerprint density at radius 1 is 1.19 bits per heavy atom. The van der Waals surface area contributed by atoms with E-state index in [1.165, 1.54) is 4.88 Å². The Bertz CT molecular complexity index is 1270. The lowest BCUT2D eigenvalue weighted by atomic mass is 10.1. The number of nitrogens with one attached hydrogen (secondary N) is 1. The number of carbonyl (C=O) groups excluding carboxylic acids is 1. The molecule has 1 N–H and O–H groups in total. The fourth-order valence-corrected chi connectivity index (χ4v) is 4.72. The van der Waals surface area contributed by atoms with E-state index < -0.39 is 0 Å². The Balaban J connectivity index is 1.55. The van der Waals surface area contributed by atoms with Crippen molar-refractivity contribution in [3.63, 3.8) is 0 Å². The Morgan fingerprint density at radius 2 is 2.00 bits per heavy atom. The summed E-state index contributed by atoms with van der Waals surface area (Å²) in [4.78, 5) is 13.6. The fraction of sp³-hybridized carbons (Fsp3) is 0.167. The van der Waals surface area contributed by atoms with Crippen LogP contribution in [0.25, 0.3) is 10.9 Å². The quantitative estimate of drug-likeness (QED) is 0.241. The van der Waals surface area contributed by atoms with E-state index >= 15 is 0 Å². The normalized spacial score (nSPS) is 11.6.